The van der Waals surface area contributed by atoms with Crippen molar-refractivity contribution < 1.29 is 14.3 Å². The normalized spacial score (nSPS) is 10.2. The fraction of sp³-hybridized carbons (Fsp3) is 0.250. The average Bonchev–Trinajstić information content (AvgIpc) is 3.05. The molecule has 2 N–H and O–H groups in total. The second-order valence-electron chi connectivity index (χ2n) is 4.67. The van der Waals surface area contributed by atoms with Crippen LogP contribution in [0.15, 0.2) is 47.5 Å². The van der Waals surface area contributed by atoms with E-state index >= 15 is 0 Å². The van der Waals surface area contributed by atoms with Gasteiger partial charge in [-0.05, 0) is 31.2 Å². The number of aromatic nitrogens is 1. The molecule has 0 atom stereocenters. The lowest BCUT2D eigenvalue weighted by atomic mass is 10.2. The van der Waals surface area contributed by atoms with Crippen molar-refractivity contribution in [2.45, 2.75) is 11.8 Å². The van der Waals surface area contributed by atoms with E-state index in [1.807, 2.05) is 6.92 Å². The summed E-state index contributed by atoms with van der Waals surface area (Å²) >= 11 is 1.67. The first kappa shape index (κ1) is 16.2. The van der Waals surface area contributed by atoms with Gasteiger partial charge in [-0.25, -0.2) is 4.79 Å². The predicted molar refractivity (Wildman–Crippen MR) is 86.0 cm³/mol. The zero-order valence-corrected chi connectivity index (χ0v) is 13.1. The minimum Gasteiger partial charge on any atom is -0.451 e. The summed E-state index contributed by atoms with van der Waals surface area (Å²) in [5.41, 5.74) is 1.56. The summed E-state index contributed by atoms with van der Waals surface area (Å²) in [6.45, 7) is 2.30. The number of thioether (sulfide) groups is 1. The fourth-order valence-corrected chi connectivity index (χ4v) is 2.48. The molecule has 5 nitrogen and oxygen atoms in total. The Kier molecular flexibility index (Phi) is 6.09. The van der Waals surface area contributed by atoms with Gasteiger partial charge in [0.15, 0.2) is 6.61 Å². The highest BCUT2D eigenvalue weighted by Crippen LogP contribution is 2.17. The predicted octanol–water partition coefficient (Wildman–Crippen LogP) is 2.39. The summed E-state index contributed by atoms with van der Waals surface area (Å²) < 4.78 is 4.89. The number of esters is 1. The molecule has 1 aromatic heterocycles. The highest BCUT2D eigenvalue weighted by molar-refractivity contribution is 7.99. The third kappa shape index (κ3) is 5.29. The molecular formula is C16H18N2O3S. The molecule has 116 valence electrons. The molecule has 6 heteroatoms. The standard InChI is InChI=1S/C16H18N2O3S/c1-12-4-6-13(7-5-12)22-10-9-18-15(19)11-21-16(20)14-3-2-8-17-14/h2-8,17H,9-11H2,1H3,(H,18,19). The second kappa shape index (κ2) is 8.29. The van der Waals surface area contributed by atoms with E-state index in [9.17, 15) is 9.59 Å². The Balaban J connectivity index is 1.59. The molecular weight excluding hydrogens is 300 g/mol. The van der Waals surface area contributed by atoms with Gasteiger partial charge in [0.2, 0.25) is 0 Å². The summed E-state index contributed by atoms with van der Waals surface area (Å²) in [5.74, 6) is -0.0714. The van der Waals surface area contributed by atoms with Crippen molar-refractivity contribution in [3.8, 4) is 0 Å². The number of rotatable bonds is 7. The number of ether oxygens (including phenoxy) is 1. The minimum atomic E-state index is -0.533. The SMILES string of the molecule is Cc1ccc(SCCNC(=O)COC(=O)c2ccc[nH]2)cc1. The van der Waals surface area contributed by atoms with Crippen LogP contribution < -0.4 is 5.32 Å². The summed E-state index contributed by atoms with van der Waals surface area (Å²) in [6.07, 6.45) is 1.62. The van der Waals surface area contributed by atoms with Gasteiger partial charge in [0.05, 0.1) is 0 Å². The van der Waals surface area contributed by atoms with Crippen molar-refractivity contribution in [2.75, 3.05) is 18.9 Å². The van der Waals surface area contributed by atoms with Crippen LogP contribution in [0.4, 0.5) is 0 Å². The molecule has 0 aliphatic carbocycles. The summed E-state index contributed by atoms with van der Waals surface area (Å²) in [7, 11) is 0. The maximum atomic E-state index is 11.6. The minimum absolute atomic E-state index is 0.271. The van der Waals surface area contributed by atoms with Gasteiger partial charge in [-0.1, -0.05) is 17.7 Å². The molecule has 0 aliphatic rings. The summed E-state index contributed by atoms with van der Waals surface area (Å²) in [6, 6.07) is 11.5. The molecule has 0 aliphatic heterocycles. The van der Waals surface area contributed by atoms with Gasteiger partial charge in [0.25, 0.3) is 5.91 Å². The topological polar surface area (TPSA) is 71.2 Å². The van der Waals surface area contributed by atoms with Gasteiger partial charge >= 0.3 is 5.97 Å². The Labute approximate surface area is 133 Å². The van der Waals surface area contributed by atoms with E-state index in [1.54, 1.807) is 30.1 Å². The van der Waals surface area contributed by atoms with E-state index in [1.165, 1.54) is 5.56 Å². The first-order valence-corrected chi connectivity index (χ1v) is 7.90. The third-order valence-corrected chi connectivity index (χ3v) is 3.88. The molecule has 0 bridgehead atoms. The van der Waals surface area contributed by atoms with Crippen LogP contribution in [0, 0.1) is 6.92 Å². The largest absolute Gasteiger partial charge is 0.451 e. The lowest BCUT2D eigenvalue weighted by Crippen LogP contribution is -2.30. The van der Waals surface area contributed by atoms with Gasteiger partial charge in [-0.15, -0.1) is 11.8 Å². The van der Waals surface area contributed by atoms with Crippen LogP contribution in [0.5, 0.6) is 0 Å². The molecule has 1 heterocycles. The van der Waals surface area contributed by atoms with Crippen molar-refractivity contribution in [3.63, 3.8) is 0 Å². The smallest absolute Gasteiger partial charge is 0.355 e. The first-order valence-electron chi connectivity index (χ1n) is 6.92. The van der Waals surface area contributed by atoms with E-state index in [2.05, 4.69) is 34.6 Å². The molecule has 1 amide bonds. The van der Waals surface area contributed by atoms with E-state index < -0.39 is 5.97 Å². The van der Waals surface area contributed by atoms with E-state index in [4.69, 9.17) is 4.74 Å². The van der Waals surface area contributed by atoms with E-state index in [0.717, 1.165) is 10.6 Å². The highest BCUT2D eigenvalue weighted by Gasteiger charge is 2.10. The Morgan fingerprint density at radius 1 is 1.23 bits per heavy atom. The number of carbonyl (C=O) groups excluding carboxylic acids is 2. The lowest BCUT2D eigenvalue weighted by molar-refractivity contribution is -0.124. The number of hydrogen-bond acceptors (Lipinski definition) is 4. The van der Waals surface area contributed by atoms with E-state index in [0.29, 0.717) is 12.2 Å². The van der Waals surface area contributed by atoms with Gasteiger partial charge in [-0.3, -0.25) is 4.79 Å². The van der Waals surface area contributed by atoms with Gasteiger partial charge < -0.3 is 15.0 Å². The molecule has 0 saturated heterocycles. The van der Waals surface area contributed by atoms with Crippen LogP contribution in [-0.4, -0.2) is 35.8 Å². The third-order valence-electron chi connectivity index (χ3n) is 2.87. The Hall–Kier alpha value is -2.21. The molecule has 2 aromatic rings. The molecule has 0 saturated carbocycles. The number of carbonyl (C=O) groups is 2. The Morgan fingerprint density at radius 2 is 2.00 bits per heavy atom. The molecule has 0 spiro atoms. The number of H-pyrrole nitrogens is 1. The average molecular weight is 318 g/mol. The zero-order valence-electron chi connectivity index (χ0n) is 12.3. The molecule has 0 fully saturated rings. The van der Waals surface area contributed by atoms with E-state index in [-0.39, 0.29) is 12.5 Å². The van der Waals surface area contributed by atoms with Crippen LogP contribution in [0.25, 0.3) is 0 Å². The van der Waals surface area contributed by atoms with Crippen molar-refractivity contribution in [3.05, 3.63) is 53.9 Å². The molecule has 0 radical (unpaired) electrons. The molecule has 2 rings (SSSR count). The molecule has 0 unspecified atom stereocenters. The molecule has 1 aromatic carbocycles. The van der Waals surface area contributed by atoms with Crippen molar-refractivity contribution in [2.24, 2.45) is 0 Å². The van der Waals surface area contributed by atoms with Crippen molar-refractivity contribution in [1.29, 1.82) is 0 Å². The van der Waals surface area contributed by atoms with Crippen LogP contribution in [0.3, 0.4) is 0 Å². The number of aryl methyl sites for hydroxylation is 1. The maximum absolute atomic E-state index is 11.6. The lowest BCUT2D eigenvalue weighted by Gasteiger charge is -2.06. The summed E-state index contributed by atoms with van der Waals surface area (Å²) in [4.78, 5) is 27.0. The second-order valence-corrected chi connectivity index (χ2v) is 5.84. The van der Waals surface area contributed by atoms with Crippen LogP contribution in [0.2, 0.25) is 0 Å². The number of hydrogen-bond donors (Lipinski definition) is 2. The van der Waals surface area contributed by atoms with Gasteiger partial charge in [0.1, 0.15) is 5.69 Å². The van der Waals surface area contributed by atoms with Crippen LogP contribution in [0.1, 0.15) is 16.1 Å². The van der Waals surface area contributed by atoms with Gasteiger partial charge in [-0.2, -0.15) is 0 Å². The summed E-state index contributed by atoms with van der Waals surface area (Å²) in [5, 5.41) is 2.72. The van der Waals surface area contributed by atoms with Crippen LogP contribution in [-0.2, 0) is 9.53 Å². The number of amides is 1. The molecule has 22 heavy (non-hydrogen) atoms. The monoisotopic (exact) mass is 318 g/mol. The van der Waals surface area contributed by atoms with Crippen molar-refractivity contribution >= 4 is 23.6 Å². The zero-order chi connectivity index (χ0) is 15.8. The van der Waals surface area contributed by atoms with Crippen LogP contribution >= 0.6 is 11.8 Å². The quantitative estimate of drug-likeness (QED) is 0.467. The Bertz CT molecular complexity index is 609. The Morgan fingerprint density at radius 3 is 2.68 bits per heavy atom. The highest BCUT2D eigenvalue weighted by atomic mass is 32.2. The number of nitrogens with one attached hydrogen (secondary N) is 2. The fourth-order valence-electron chi connectivity index (χ4n) is 1.71. The van der Waals surface area contributed by atoms with Gasteiger partial charge in [0, 0.05) is 23.4 Å². The first-order chi connectivity index (χ1) is 10.6. The number of aromatic amines is 1. The number of benzene rings is 1. The maximum Gasteiger partial charge on any atom is 0.355 e. The van der Waals surface area contributed by atoms with Crippen molar-refractivity contribution in [1.82, 2.24) is 10.3 Å².